The van der Waals surface area contributed by atoms with Crippen molar-refractivity contribution < 1.29 is 9.84 Å². The third-order valence-corrected chi connectivity index (χ3v) is 4.91. The molecule has 1 aliphatic rings. The summed E-state index contributed by atoms with van der Waals surface area (Å²) in [5.74, 6) is 1.81. The summed E-state index contributed by atoms with van der Waals surface area (Å²) in [6, 6.07) is 14.2. The highest BCUT2D eigenvalue weighted by Crippen LogP contribution is 2.25. The molecule has 1 unspecified atom stereocenters. The van der Waals surface area contributed by atoms with E-state index in [4.69, 9.17) is 10.00 Å². The molecule has 27 heavy (non-hydrogen) atoms. The van der Waals surface area contributed by atoms with Crippen molar-refractivity contribution in [1.82, 2.24) is 9.88 Å². The topological polar surface area (TPSA) is 72.6 Å². The molecular formula is C21H26N4O2. The molecule has 3 rings (SSSR count). The molecule has 1 aromatic heterocycles. The first-order chi connectivity index (χ1) is 13.2. The Morgan fingerprint density at radius 3 is 2.81 bits per heavy atom. The number of aromatic nitrogens is 1. The van der Waals surface area contributed by atoms with E-state index in [9.17, 15) is 5.11 Å². The lowest BCUT2D eigenvalue weighted by atomic mass is 10.1. The fraction of sp³-hybridized carbons (Fsp3) is 0.429. The van der Waals surface area contributed by atoms with E-state index in [1.807, 2.05) is 31.2 Å². The van der Waals surface area contributed by atoms with E-state index in [1.54, 1.807) is 12.3 Å². The summed E-state index contributed by atoms with van der Waals surface area (Å²) in [4.78, 5) is 9.06. The minimum Gasteiger partial charge on any atom is -0.494 e. The van der Waals surface area contributed by atoms with Crippen LogP contribution in [0.3, 0.4) is 0 Å². The zero-order valence-corrected chi connectivity index (χ0v) is 15.7. The van der Waals surface area contributed by atoms with Gasteiger partial charge in [-0.3, -0.25) is 4.90 Å². The maximum atomic E-state index is 9.54. The fourth-order valence-corrected chi connectivity index (χ4v) is 3.52. The molecule has 0 spiro atoms. The lowest BCUT2D eigenvalue weighted by Gasteiger charge is -2.42. The molecule has 0 saturated carbocycles. The molecule has 1 fully saturated rings. The van der Waals surface area contributed by atoms with E-state index >= 15 is 0 Å². The zero-order valence-electron chi connectivity index (χ0n) is 15.7. The molecule has 1 N–H and O–H groups in total. The van der Waals surface area contributed by atoms with Crippen molar-refractivity contribution in [2.45, 2.75) is 25.9 Å². The van der Waals surface area contributed by atoms with Gasteiger partial charge >= 0.3 is 0 Å². The Bertz CT molecular complexity index is 772. The van der Waals surface area contributed by atoms with E-state index in [0.29, 0.717) is 18.6 Å². The van der Waals surface area contributed by atoms with Crippen molar-refractivity contribution in [2.24, 2.45) is 0 Å². The van der Waals surface area contributed by atoms with Gasteiger partial charge in [0.2, 0.25) is 0 Å². The van der Waals surface area contributed by atoms with E-state index < -0.39 is 0 Å². The molecule has 0 aliphatic carbocycles. The molecule has 6 heteroatoms. The summed E-state index contributed by atoms with van der Waals surface area (Å²) in [5.41, 5.74) is 1.74. The third kappa shape index (κ3) is 4.76. The molecule has 6 nitrogen and oxygen atoms in total. The number of benzene rings is 1. The second kappa shape index (κ2) is 9.36. The average Bonchev–Trinajstić information content (AvgIpc) is 2.71. The Morgan fingerprint density at radius 2 is 2.11 bits per heavy atom. The van der Waals surface area contributed by atoms with Gasteiger partial charge in [0.1, 0.15) is 17.6 Å². The van der Waals surface area contributed by atoms with Crippen LogP contribution in [0.25, 0.3) is 0 Å². The lowest BCUT2D eigenvalue weighted by molar-refractivity contribution is 0.134. The molecule has 2 aromatic rings. The van der Waals surface area contributed by atoms with Gasteiger partial charge in [-0.15, -0.1) is 0 Å². The van der Waals surface area contributed by atoms with Crippen LogP contribution in [0.5, 0.6) is 5.75 Å². The number of aliphatic hydroxyl groups excluding tert-OH is 1. The van der Waals surface area contributed by atoms with Gasteiger partial charge in [0.15, 0.2) is 0 Å². The SMILES string of the molecule is CCOc1ccccc1CN1CCN(c2ccc(C#N)cn2)CC1CCO. The monoisotopic (exact) mass is 366 g/mol. The molecule has 1 atom stereocenters. The largest absolute Gasteiger partial charge is 0.494 e. The van der Waals surface area contributed by atoms with Crippen LogP contribution < -0.4 is 9.64 Å². The molecule has 0 amide bonds. The molecule has 2 heterocycles. The summed E-state index contributed by atoms with van der Waals surface area (Å²) in [6.45, 7) is 6.14. The molecule has 0 bridgehead atoms. The first-order valence-electron chi connectivity index (χ1n) is 9.42. The van der Waals surface area contributed by atoms with Gasteiger partial charge in [0.25, 0.3) is 0 Å². The Hall–Kier alpha value is -2.62. The van der Waals surface area contributed by atoms with Gasteiger partial charge in [-0.1, -0.05) is 18.2 Å². The minimum absolute atomic E-state index is 0.156. The van der Waals surface area contributed by atoms with Gasteiger partial charge in [-0.2, -0.15) is 5.26 Å². The first kappa shape index (κ1) is 19.2. The van der Waals surface area contributed by atoms with E-state index in [-0.39, 0.29) is 12.6 Å². The summed E-state index contributed by atoms with van der Waals surface area (Å²) >= 11 is 0. The van der Waals surface area contributed by atoms with Crippen LogP contribution in [0.1, 0.15) is 24.5 Å². The van der Waals surface area contributed by atoms with Crippen LogP contribution in [0.4, 0.5) is 5.82 Å². The molecular weight excluding hydrogens is 340 g/mol. The molecule has 1 aliphatic heterocycles. The summed E-state index contributed by atoms with van der Waals surface area (Å²) in [7, 11) is 0. The number of rotatable bonds is 7. The van der Waals surface area contributed by atoms with Crippen molar-refractivity contribution in [1.29, 1.82) is 5.26 Å². The first-order valence-corrected chi connectivity index (χ1v) is 9.42. The number of para-hydroxylation sites is 1. The minimum atomic E-state index is 0.156. The normalized spacial score (nSPS) is 17.5. The molecule has 1 aromatic carbocycles. The number of piperazine rings is 1. The molecule has 1 saturated heterocycles. The maximum Gasteiger partial charge on any atom is 0.128 e. The Kier molecular flexibility index (Phi) is 6.64. The van der Waals surface area contributed by atoms with Gasteiger partial charge in [0, 0.05) is 50.6 Å². The van der Waals surface area contributed by atoms with Crippen LogP contribution in [-0.2, 0) is 6.54 Å². The highest BCUT2D eigenvalue weighted by atomic mass is 16.5. The maximum absolute atomic E-state index is 9.54. The van der Waals surface area contributed by atoms with Gasteiger partial charge in [-0.05, 0) is 31.5 Å². The number of nitrogens with zero attached hydrogens (tertiary/aromatic N) is 4. The molecule has 142 valence electrons. The number of hydrogen-bond acceptors (Lipinski definition) is 6. The quantitative estimate of drug-likeness (QED) is 0.811. The van der Waals surface area contributed by atoms with Crippen molar-refractivity contribution >= 4 is 5.82 Å². The molecule has 0 radical (unpaired) electrons. The number of ether oxygens (including phenoxy) is 1. The highest BCUT2D eigenvalue weighted by Gasteiger charge is 2.28. The Morgan fingerprint density at radius 1 is 1.26 bits per heavy atom. The van der Waals surface area contributed by atoms with Crippen molar-refractivity contribution in [3.05, 3.63) is 53.7 Å². The second-order valence-corrected chi connectivity index (χ2v) is 6.64. The standard InChI is InChI=1S/C21H26N4O2/c1-2-27-20-6-4-3-5-18(20)15-24-10-11-25(16-19(24)9-12-26)21-8-7-17(13-22)14-23-21/h3-8,14,19,26H,2,9-12,15-16H2,1H3. The van der Waals surface area contributed by atoms with Gasteiger partial charge in [-0.25, -0.2) is 4.98 Å². The highest BCUT2D eigenvalue weighted by molar-refractivity contribution is 5.42. The smallest absolute Gasteiger partial charge is 0.128 e. The predicted molar refractivity (Wildman–Crippen MR) is 105 cm³/mol. The number of anilines is 1. The summed E-state index contributed by atoms with van der Waals surface area (Å²) in [6.07, 6.45) is 2.32. The second-order valence-electron chi connectivity index (χ2n) is 6.64. The van der Waals surface area contributed by atoms with Crippen LogP contribution >= 0.6 is 0 Å². The third-order valence-electron chi connectivity index (χ3n) is 4.91. The van der Waals surface area contributed by atoms with E-state index in [2.05, 4.69) is 26.9 Å². The number of pyridine rings is 1. The number of nitriles is 1. The van der Waals surface area contributed by atoms with E-state index in [1.165, 1.54) is 5.56 Å². The van der Waals surface area contributed by atoms with Crippen molar-refractivity contribution in [2.75, 3.05) is 37.7 Å². The Balaban J connectivity index is 1.72. The predicted octanol–water partition coefficient (Wildman–Crippen LogP) is 2.43. The lowest BCUT2D eigenvalue weighted by Crippen LogP contribution is -2.53. The summed E-state index contributed by atoms with van der Waals surface area (Å²) in [5, 5.41) is 18.5. The van der Waals surface area contributed by atoms with Crippen LogP contribution in [0.2, 0.25) is 0 Å². The summed E-state index contributed by atoms with van der Waals surface area (Å²) < 4.78 is 5.76. The van der Waals surface area contributed by atoms with Crippen LogP contribution in [-0.4, -0.2) is 53.9 Å². The van der Waals surface area contributed by atoms with Crippen LogP contribution in [0, 0.1) is 11.3 Å². The van der Waals surface area contributed by atoms with Crippen molar-refractivity contribution in [3.8, 4) is 11.8 Å². The number of hydrogen-bond donors (Lipinski definition) is 1. The van der Waals surface area contributed by atoms with Crippen LogP contribution in [0.15, 0.2) is 42.6 Å². The zero-order chi connectivity index (χ0) is 19.1. The number of aliphatic hydroxyl groups is 1. The van der Waals surface area contributed by atoms with Gasteiger partial charge in [0.05, 0.1) is 12.2 Å². The average molecular weight is 366 g/mol. The fourth-order valence-electron chi connectivity index (χ4n) is 3.52. The van der Waals surface area contributed by atoms with E-state index in [0.717, 1.165) is 37.7 Å². The van der Waals surface area contributed by atoms with Gasteiger partial charge < -0.3 is 14.7 Å². The van der Waals surface area contributed by atoms with Crippen molar-refractivity contribution in [3.63, 3.8) is 0 Å². The Labute approximate surface area is 160 Å².